The number of anilines is 1. The lowest BCUT2D eigenvalue weighted by atomic mass is 10.1. The first-order valence-electron chi connectivity index (χ1n) is 13.1. The van der Waals surface area contributed by atoms with E-state index in [0.717, 1.165) is 65.1 Å². The minimum absolute atomic E-state index is 0.160. The van der Waals surface area contributed by atoms with E-state index >= 15 is 0 Å². The summed E-state index contributed by atoms with van der Waals surface area (Å²) in [5.41, 5.74) is 5.06. The van der Waals surface area contributed by atoms with Crippen molar-refractivity contribution in [1.82, 2.24) is 25.4 Å². The van der Waals surface area contributed by atoms with Gasteiger partial charge < -0.3 is 15.0 Å². The van der Waals surface area contributed by atoms with Gasteiger partial charge in [0, 0.05) is 23.9 Å². The molecule has 0 fully saturated rings. The lowest BCUT2D eigenvalue weighted by molar-refractivity contribution is -0.274. The Morgan fingerprint density at radius 1 is 0.927 bits per heavy atom. The van der Waals surface area contributed by atoms with Gasteiger partial charge in [-0.05, 0) is 61.1 Å². The number of rotatable bonds is 11. The highest BCUT2D eigenvalue weighted by Crippen LogP contribution is 2.23. The second-order valence-electron chi connectivity index (χ2n) is 9.12. The Morgan fingerprint density at radius 3 is 2.46 bits per heavy atom. The number of nitrogens with zero attached hydrogens (tertiary/aromatic N) is 4. The second kappa shape index (κ2) is 14.4. The monoisotopic (exact) mass is 582 g/mol. The Labute approximate surface area is 239 Å². The van der Waals surface area contributed by atoms with Gasteiger partial charge in [0.25, 0.3) is 0 Å². The number of hydrogen-bond donors (Lipinski definition) is 2. The number of ether oxygens (including phenoxy) is 1. The third kappa shape index (κ3) is 9.67. The first-order chi connectivity index (χ1) is 19.8. The van der Waals surface area contributed by atoms with Crippen molar-refractivity contribution in [3.8, 4) is 5.75 Å². The lowest BCUT2D eigenvalue weighted by Crippen LogP contribution is -2.17. The maximum atomic E-state index is 11.8. The molecule has 1 amide bonds. The van der Waals surface area contributed by atoms with Gasteiger partial charge in [-0.1, -0.05) is 60.7 Å². The van der Waals surface area contributed by atoms with Crippen molar-refractivity contribution >= 4 is 33.9 Å². The number of benzene rings is 2. The second-order valence-corrected chi connectivity index (χ2v) is 10.2. The third-order valence-corrected chi connectivity index (χ3v) is 6.90. The first kappa shape index (κ1) is 29.7. The van der Waals surface area contributed by atoms with Crippen LogP contribution in [0.2, 0.25) is 0 Å². The highest BCUT2D eigenvalue weighted by atomic mass is 32.1. The van der Waals surface area contributed by atoms with Crippen LogP contribution in [0.25, 0.3) is 11.0 Å². The number of carbonyl (C=O) groups excluding carboxylic acids is 1. The molecule has 0 aliphatic rings. The summed E-state index contributed by atoms with van der Waals surface area (Å²) in [4.78, 5) is 13.8. The number of alkyl halides is 3. The first-order valence-corrected chi connectivity index (χ1v) is 13.9. The summed E-state index contributed by atoms with van der Waals surface area (Å²) >= 11 is 1.41. The maximum Gasteiger partial charge on any atom is 0.573 e. The fourth-order valence-electron chi connectivity index (χ4n) is 4.07. The molecule has 0 radical (unpaired) electrons. The van der Waals surface area contributed by atoms with E-state index < -0.39 is 6.36 Å². The zero-order chi connectivity index (χ0) is 29.1. The van der Waals surface area contributed by atoms with Gasteiger partial charge >= 0.3 is 6.36 Å². The molecule has 0 bridgehead atoms. The number of fused-ring (bicyclic) bond motifs is 1. The number of aromatic amines is 1. The molecule has 3 aromatic heterocycles. The Kier molecular flexibility index (Phi) is 10.4. The zero-order valence-electron chi connectivity index (χ0n) is 22.3. The predicted octanol–water partition coefficient (Wildman–Crippen LogP) is 6.68. The Bertz CT molecular complexity index is 1540. The summed E-state index contributed by atoms with van der Waals surface area (Å²) < 4.78 is 39.0. The van der Waals surface area contributed by atoms with Crippen LogP contribution in [0, 0.1) is 0 Å². The van der Waals surface area contributed by atoms with Crippen LogP contribution in [0.1, 0.15) is 47.3 Å². The molecule has 2 aromatic carbocycles. The molecule has 0 aliphatic carbocycles. The molecular formula is C29H29F3N6O2S. The molecule has 8 nitrogen and oxygen atoms in total. The normalized spacial score (nSPS) is 11.1. The van der Waals surface area contributed by atoms with Gasteiger partial charge in [0.2, 0.25) is 11.5 Å². The van der Waals surface area contributed by atoms with E-state index in [0.29, 0.717) is 18.0 Å². The van der Waals surface area contributed by atoms with Crippen molar-refractivity contribution in [2.45, 2.75) is 51.8 Å². The van der Waals surface area contributed by atoms with E-state index in [1.54, 1.807) is 12.1 Å². The molecule has 5 aromatic rings. The summed E-state index contributed by atoms with van der Waals surface area (Å²) in [5.74, 6) is -0.160. The Hall–Kier alpha value is -4.32. The molecule has 2 N–H and O–H groups in total. The number of unbranched alkanes of at least 4 members (excludes halogenated alkanes) is 1. The minimum Gasteiger partial charge on any atom is -0.406 e. The number of nitrogens with one attached hydrogen (secondary N) is 2. The smallest absolute Gasteiger partial charge is 0.406 e. The van der Waals surface area contributed by atoms with Crippen LogP contribution in [0.4, 0.5) is 18.3 Å². The van der Waals surface area contributed by atoms with Crippen molar-refractivity contribution < 1.29 is 22.7 Å². The molecule has 0 aliphatic heterocycles. The van der Waals surface area contributed by atoms with E-state index in [9.17, 15) is 18.0 Å². The van der Waals surface area contributed by atoms with Crippen LogP contribution < -0.4 is 10.1 Å². The van der Waals surface area contributed by atoms with Gasteiger partial charge in [-0.3, -0.25) is 4.79 Å². The van der Waals surface area contributed by atoms with Crippen molar-refractivity contribution in [3.05, 3.63) is 94.3 Å². The van der Waals surface area contributed by atoms with Crippen molar-refractivity contribution in [2.75, 3.05) is 5.32 Å². The number of hydrogen-bond acceptors (Lipinski definition) is 7. The average Bonchev–Trinajstić information content (AvgIpc) is 3.57. The quantitative estimate of drug-likeness (QED) is 0.133. The van der Waals surface area contributed by atoms with Gasteiger partial charge in [0.1, 0.15) is 10.8 Å². The summed E-state index contributed by atoms with van der Waals surface area (Å²) in [5, 5.41) is 21.8. The number of aryl methyl sites for hydroxylation is 3. The summed E-state index contributed by atoms with van der Waals surface area (Å²) in [6.07, 6.45) is 1.26. The average molecular weight is 583 g/mol. The van der Waals surface area contributed by atoms with Crippen LogP contribution >= 0.6 is 11.3 Å². The largest absolute Gasteiger partial charge is 0.573 e. The summed E-state index contributed by atoms with van der Waals surface area (Å²) in [6, 6.07) is 20.6. The highest BCUT2D eigenvalue weighted by Gasteiger charge is 2.31. The fraction of sp³-hybridized carbons (Fsp3) is 0.276. The van der Waals surface area contributed by atoms with Gasteiger partial charge in [-0.25, -0.2) is 0 Å². The number of aromatic nitrogens is 5. The molecular weight excluding hydrogens is 553 g/mol. The van der Waals surface area contributed by atoms with Crippen molar-refractivity contribution in [1.29, 1.82) is 0 Å². The van der Waals surface area contributed by atoms with E-state index in [1.165, 1.54) is 29.0 Å². The highest BCUT2D eigenvalue weighted by molar-refractivity contribution is 7.15. The molecule has 214 valence electrons. The Morgan fingerprint density at radius 2 is 1.71 bits per heavy atom. The molecule has 0 saturated heterocycles. The molecule has 0 saturated carbocycles. The minimum atomic E-state index is -4.60. The maximum absolute atomic E-state index is 11.8. The summed E-state index contributed by atoms with van der Waals surface area (Å²) in [6.45, 7) is 1.87. The van der Waals surface area contributed by atoms with Crippen molar-refractivity contribution in [3.63, 3.8) is 0 Å². The predicted molar refractivity (Wildman–Crippen MR) is 152 cm³/mol. The van der Waals surface area contributed by atoms with Crippen LogP contribution in [-0.4, -0.2) is 38.2 Å². The number of halogens is 3. The number of H-pyrrole nitrogens is 1. The SMILES string of the molecule is CCc1cccc(OC(F)(F)F)c1.O=CNc1nnc(CCCCc2cc3cc(Cc4ccccc4)[nH]c3nn2)s1. The zero-order valence-corrected chi connectivity index (χ0v) is 23.1. The molecule has 5 rings (SSSR count). The van der Waals surface area contributed by atoms with Crippen LogP contribution in [-0.2, 0) is 30.5 Å². The van der Waals surface area contributed by atoms with Gasteiger partial charge in [-0.2, -0.15) is 5.10 Å². The number of carbonyl (C=O) groups is 1. The van der Waals surface area contributed by atoms with E-state index in [4.69, 9.17) is 0 Å². The van der Waals surface area contributed by atoms with Gasteiger partial charge in [-0.15, -0.1) is 28.5 Å². The van der Waals surface area contributed by atoms with Crippen molar-refractivity contribution in [2.24, 2.45) is 0 Å². The summed E-state index contributed by atoms with van der Waals surface area (Å²) in [7, 11) is 0. The van der Waals surface area contributed by atoms with Crippen LogP contribution in [0.3, 0.4) is 0 Å². The third-order valence-electron chi connectivity index (χ3n) is 5.98. The standard InChI is InChI=1S/C20H20N6OS.C9H9F3O/c27-13-21-20-26-24-18(28-20)9-5-4-8-16-11-15-12-17(22-19(15)25-23-16)10-14-6-2-1-3-7-14;1-2-7-4-3-5-8(6-7)13-9(10,11)12/h1-3,6-7,11-13H,4-5,8-10H2,(H,22,25)(H,21,26,27);3-6H,2H2,1H3. The van der Waals surface area contributed by atoms with E-state index in [-0.39, 0.29) is 5.75 Å². The molecule has 0 atom stereocenters. The van der Waals surface area contributed by atoms with Gasteiger partial charge in [0.15, 0.2) is 5.65 Å². The molecule has 3 heterocycles. The lowest BCUT2D eigenvalue weighted by Gasteiger charge is -2.09. The Balaban J connectivity index is 0.000000251. The molecule has 0 unspecified atom stereocenters. The number of amides is 1. The molecule has 12 heteroatoms. The van der Waals surface area contributed by atoms with Gasteiger partial charge in [0.05, 0.1) is 5.69 Å². The molecule has 0 spiro atoms. The van der Waals surface area contributed by atoms with E-state index in [1.807, 2.05) is 13.0 Å². The fourth-order valence-corrected chi connectivity index (χ4v) is 4.81. The topological polar surface area (TPSA) is 106 Å². The molecule has 41 heavy (non-hydrogen) atoms. The van der Waals surface area contributed by atoms with Crippen LogP contribution in [0.15, 0.2) is 66.7 Å². The van der Waals surface area contributed by atoms with Crippen LogP contribution in [0.5, 0.6) is 5.75 Å². The van der Waals surface area contributed by atoms with E-state index in [2.05, 4.69) is 71.8 Å².